The highest BCUT2D eigenvalue weighted by atomic mass is 28.4. The fourth-order valence-electron chi connectivity index (χ4n) is 1.48. The van der Waals surface area contributed by atoms with Gasteiger partial charge in [-0.1, -0.05) is 26.8 Å². The van der Waals surface area contributed by atoms with Gasteiger partial charge >= 0.3 is 0 Å². The number of nitrogens with one attached hydrogen (secondary N) is 1. The molecular formula is C16H30N2OSi. The van der Waals surface area contributed by atoms with Crippen molar-refractivity contribution in [2.75, 3.05) is 5.32 Å². The lowest BCUT2D eigenvalue weighted by Crippen LogP contribution is -2.40. The molecule has 0 aliphatic rings. The topological polar surface area (TPSA) is 34.1 Å². The molecule has 0 atom stereocenters. The number of rotatable bonds is 4. The molecule has 0 aliphatic heterocycles. The predicted molar refractivity (Wildman–Crippen MR) is 89.6 cm³/mol. The number of hydrogen-bond acceptors (Lipinski definition) is 3. The zero-order valence-corrected chi connectivity index (χ0v) is 15.3. The quantitative estimate of drug-likeness (QED) is 0.809. The summed E-state index contributed by atoms with van der Waals surface area (Å²) in [5.74, 6) is 0.911. The fourth-order valence-corrected chi connectivity index (χ4v) is 2.43. The van der Waals surface area contributed by atoms with E-state index in [1.807, 2.05) is 18.2 Å². The Kier molecular flexibility index (Phi) is 5.03. The van der Waals surface area contributed by atoms with Crippen molar-refractivity contribution in [1.29, 1.82) is 0 Å². The largest absolute Gasteiger partial charge is 0.411 e. The molecule has 1 rings (SSSR count). The molecule has 1 heterocycles. The van der Waals surface area contributed by atoms with Gasteiger partial charge in [0.2, 0.25) is 0 Å². The minimum atomic E-state index is -1.71. The molecule has 0 unspecified atom stereocenters. The smallest absolute Gasteiger partial charge is 0.192 e. The van der Waals surface area contributed by atoms with E-state index in [9.17, 15) is 0 Å². The van der Waals surface area contributed by atoms with E-state index in [1.54, 1.807) is 0 Å². The summed E-state index contributed by atoms with van der Waals surface area (Å²) in [7, 11) is -1.71. The van der Waals surface area contributed by atoms with E-state index in [0.717, 1.165) is 11.5 Å². The van der Waals surface area contributed by atoms with Crippen molar-refractivity contribution in [2.45, 2.75) is 71.8 Å². The second-order valence-corrected chi connectivity index (χ2v) is 12.7. The number of anilines is 1. The van der Waals surface area contributed by atoms with Gasteiger partial charge in [-0.05, 0) is 51.0 Å². The molecule has 1 aromatic heterocycles. The van der Waals surface area contributed by atoms with Crippen molar-refractivity contribution in [3.8, 4) is 0 Å². The van der Waals surface area contributed by atoms with Crippen molar-refractivity contribution in [1.82, 2.24) is 4.98 Å². The Bertz CT molecular complexity index is 445. The molecule has 0 aliphatic carbocycles. The molecule has 0 spiro atoms. The van der Waals surface area contributed by atoms with Crippen LogP contribution in [0.1, 0.15) is 47.2 Å². The highest BCUT2D eigenvalue weighted by molar-refractivity contribution is 6.74. The van der Waals surface area contributed by atoms with Crippen molar-refractivity contribution < 1.29 is 4.43 Å². The van der Waals surface area contributed by atoms with Gasteiger partial charge in [0.15, 0.2) is 8.32 Å². The summed E-state index contributed by atoms with van der Waals surface area (Å²) in [6.07, 6.45) is 0. The second-order valence-electron chi connectivity index (χ2n) is 7.94. The van der Waals surface area contributed by atoms with Crippen LogP contribution >= 0.6 is 0 Å². The van der Waals surface area contributed by atoms with Gasteiger partial charge in [0.05, 0.1) is 12.3 Å². The Hall–Kier alpha value is -0.873. The van der Waals surface area contributed by atoms with Crippen LogP contribution in [0.3, 0.4) is 0 Å². The van der Waals surface area contributed by atoms with Crippen LogP contribution in [0.5, 0.6) is 0 Å². The summed E-state index contributed by atoms with van der Waals surface area (Å²) >= 11 is 0. The van der Waals surface area contributed by atoms with Gasteiger partial charge in [-0.2, -0.15) is 0 Å². The number of pyridine rings is 1. The number of hydrogen-bond donors (Lipinski definition) is 1. The van der Waals surface area contributed by atoms with Gasteiger partial charge in [0, 0.05) is 5.54 Å². The lowest BCUT2D eigenvalue weighted by Gasteiger charge is -2.36. The predicted octanol–water partition coefficient (Wildman–Crippen LogP) is 4.81. The first kappa shape index (κ1) is 17.2. The lowest BCUT2D eigenvalue weighted by molar-refractivity contribution is 0.272. The SMILES string of the molecule is CC(C)(C)Nc1cccc(CO[Si](C)(C)C(C)(C)C)n1. The van der Waals surface area contributed by atoms with Crippen molar-refractivity contribution in [2.24, 2.45) is 0 Å². The summed E-state index contributed by atoms with van der Waals surface area (Å²) in [4.78, 5) is 4.63. The molecule has 114 valence electrons. The van der Waals surface area contributed by atoms with E-state index >= 15 is 0 Å². The Morgan fingerprint density at radius 3 is 2.20 bits per heavy atom. The zero-order valence-electron chi connectivity index (χ0n) is 14.3. The second kappa shape index (κ2) is 5.86. The minimum absolute atomic E-state index is 0.0198. The summed E-state index contributed by atoms with van der Waals surface area (Å²) in [6, 6.07) is 6.06. The van der Waals surface area contributed by atoms with Crippen LogP contribution in [0, 0.1) is 0 Å². The monoisotopic (exact) mass is 294 g/mol. The minimum Gasteiger partial charge on any atom is -0.411 e. The zero-order chi connectivity index (χ0) is 15.6. The molecule has 3 nitrogen and oxygen atoms in total. The van der Waals surface area contributed by atoms with Crippen LogP contribution in [0.25, 0.3) is 0 Å². The van der Waals surface area contributed by atoms with Crippen molar-refractivity contribution in [3.05, 3.63) is 23.9 Å². The van der Waals surface area contributed by atoms with E-state index < -0.39 is 8.32 Å². The maximum absolute atomic E-state index is 6.21. The van der Waals surface area contributed by atoms with Crippen LogP contribution in [-0.2, 0) is 11.0 Å². The highest BCUT2D eigenvalue weighted by Crippen LogP contribution is 2.36. The molecule has 20 heavy (non-hydrogen) atoms. The molecule has 1 aromatic rings. The first-order chi connectivity index (χ1) is 8.91. The first-order valence-corrected chi connectivity index (χ1v) is 10.2. The third-order valence-corrected chi connectivity index (χ3v) is 8.18. The van der Waals surface area contributed by atoms with Crippen molar-refractivity contribution in [3.63, 3.8) is 0 Å². The van der Waals surface area contributed by atoms with E-state index in [2.05, 4.69) is 64.9 Å². The summed E-state index contributed by atoms with van der Waals surface area (Å²) in [6.45, 7) is 18.3. The fraction of sp³-hybridized carbons (Fsp3) is 0.688. The van der Waals surface area contributed by atoms with E-state index in [-0.39, 0.29) is 10.6 Å². The Labute approximate surface area is 125 Å². The van der Waals surface area contributed by atoms with Crippen LogP contribution in [0.2, 0.25) is 18.1 Å². The Morgan fingerprint density at radius 1 is 1.10 bits per heavy atom. The third kappa shape index (κ3) is 5.25. The van der Waals surface area contributed by atoms with Gasteiger partial charge in [-0.25, -0.2) is 4.98 Å². The average Bonchev–Trinajstić information content (AvgIpc) is 2.23. The number of aromatic nitrogens is 1. The van der Waals surface area contributed by atoms with Crippen LogP contribution < -0.4 is 5.32 Å². The van der Waals surface area contributed by atoms with Crippen LogP contribution in [0.4, 0.5) is 5.82 Å². The van der Waals surface area contributed by atoms with Crippen LogP contribution in [-0.4, -0.2) is 18.8 Å². The molecule has 0 radical (unpaired) electrons. The van der Waals surface area contributed by atoms with Gasteiger partial charge in [-0.15, -0.1) is 0 Å². The summed E-state index contributed by atoms with van der Waals surface area (Å²) in [5.41, 5.74) is 1.01. The summed E-state index contributed by atoms with van der Waals surface area (Å²) in [5, 5.41) is 3.62. The Balaban J connectivity index is 2.73. The first-order valence-electron chi connectivity index (χ1n) is 7.29. The molecule has 0 amide bonds. The van der Waals surface area contributed by atoms with Gasteiger partial charge in [-0.3, -0.25) is 0 Å². The molecule has 0 saturated carbocycles. The molecule has 0 fully saturated rings. The molecule has 0 aromatic carbocycles. The van der Waals surface area contributed by atoms with Gasteiger partial charge in [0.25, 0.3) is 0 Å². The normalized spacial score (nSPS) is 13.4. The van der Waals surface area contributed by atoms with E-state index in [1.165, 1.54) is 0 Å². The van der Waals surface area contributed by atoms with E-state index in [4.69, 9.17) is 4.43 Å². The van der Waals surface area contributed by atoms with Crippen molar-refractivity contribution >= 4 is 14.1 Å². The lowest BCUT2D eigenvalue weighted by atomic mass is 10.1. The maximum Gasteiger partial charge on any atom is 0.192 e. The standard InChI is InChI=1S/C16H30N2OSi/c1-15(2,3)18-14-11-9-10-13(17-14)12-19-20(7,8)16(4,5)6/h9-11H,12H2,1-8H3,(H,17,18). The van der Waals surface area contributed by atoms with Crippen LogP contribution in [0.15, 0.2) is 18.2 Å². The summed E-state index contributed by atoms with van der Waals surface area (Å²) < 4.78 is 6.21. The molecular weight excluding hydrogens is 264 g/mol. The number of nitrogens with zero attached hydrogens (tertiary/aromatic N) is 1. The van der Waals surface area contributed by atoms with E-state index in [0.29, 0.717) is 6.61 Å². The molecule has 4 heteroatoms. The molecule has 0 bridgehead atoms. The molecule has 1 N–H and O–H groups in total. The van der Waals surface area contributed by atoms with Gasteiger partial charge in [0.1, 0.15) is 5.82 Å². The third-order valence-electron chi connectivity index (χ3n) is 3.70. The molecule has 0 saturated heterocycles. The van der Waals surface area contributed by atoms with Gasteiger partial charge < -0.3 is 9.74 Å². The average molecular weight is 295 g/mol. The highest BCUT2D eigenvalue weighted by Gasteiger charge is 2.37. The Morgan fingerprint density at radius 2 is 1.70 bits per heavy atom. The maximum atomic E-state index is 6.21.